The van der Waals surface area contributed by atoms with Crippen LogP contribution in [0.5, 0.6) is 23.0 Å². The molecule has 320 valence electrons. The van der Waals surface area contributed by atoms with Gasteiger partial charge in [-0.2, -0.15) is 9.97 Å². The van der Waals surface area contributed by atoms with Crippen molar-refractivity contribution in [1.82, 2.24) is 15.0 Å². The molecule has 0 aliphatic heterocycles. The summed E-state index contributed by atoms with van der Waals surface area (Å²) in [5.41, 5.74) is 1.65. The molecule has 0 saturated heterocycles. The van der Waals surface area contributed by atoms with Crippen LogP contribution >= 0.6 is 11.6 Å². The van der Waals surface area contributed by atoms with Gasteiger partial charge in [-0.3, -0.25) is 10.1 Å². The fourth-order valence-electron chi connectivity index (χ4n) is 6.00. The molecule has 0 saturated carbocycles. The van der Waals surface area contributed by atoms with Gasteiger partial charge >= 0.3 is 0 Å². The zero-order chi connectivity index (χ0) is 44.7. The number of aromatic hydroxyl groups is 4. The van der Waals surface area contributed by atoms with Crippen molar-refractivity contribution in [3.05, 3.63) is 172 Å². The minimum atomic E-state index is -3.55. The first kappa shape index (κ1) is 45.7. The van der Waals surface area contributed by atoms with Gasteiger partial charge in [-0.15, -0.1) is 20.5 Å². The number of rotatable bonds is 11. The normalized spacial score (nSPS) is 11.3. The quantitative estimate of drug-likeness (QED) is 0.0461. The predicted molar refractivity (Wildman–Crippen MR) is 237 cm³/mol. The number of benzene rings is 7. The molecule has 8 rings (SSSR count). The summed E-state index contributed by atoms with van der Waals surface area (Å²) in [5.74, 6) is 0.0494. The molecule has 20 heteroatoms. The van der Waals surface area contributed by atoms with E-state index in [4.69, 9.17) is 11.6 Å². The van der Waals surface area contributed by atoms with E-state index in [0.717, 1.165) is 39.9 Å². The summed E-state index contributed by atoms with van der Waals surface area (Å²) in [6.45, 7) is 3.32. The number of anilines is 2. The third-order valence-corrected chi connectivity index (χ3v) is 10.7. The Labute approximate surface area is 379 Å². The molecule has 7 aromatic carbocycles. The van der Waals surface area contributed by atoms with E-state index in [1.54, 1.807) is 60.7 Å². The Hall–Kier alpha value is -7.82. The zero-order valence-electron chi connectivity index (χ0n) is 32.9. The Morgan fingerprint density at radius 2 is 1.33 bits per heavy atom. The summed E-state index contributed by atoms with van der Waals surface area (Å²) >= 11 is 6.14. The smallest absolute Gasteiger partial charge is 0.271 e. The number of sulfone groups is 1. The fourth-order valence-corrected chi connectivity index (χ4v) is 6.88. The van der Waals surface area contributed by atoms with Crippen molar-refractivity contribution in [1.29, 1.82) is 0 Å². The van der Waals surface area contributed by atoms with Crippen LogP contribution in [-0.2, 0) is 33.6 Å². The third-order valence-electron chi connectivity index (χ3n) is 9.17. The molecule has 0 spiro atoms. The molecule has 0 unspecified atom stereocenters. The number of fused-ring (bicyclic) bond motifs is 2. The number of nitrogens with one attached hydrogen (secondary N) is 1. The van der Waals surface area contributed by atoms with Crippen molar-refractivity contribution in [2.75, 3.05) is 5.32 Å². The topological polar surface area (TPSA) is 258 Å². The average molecular weight is 934 g/mol. The molecular formula is C44H32ClCrN9O8S. The maximum atomic E-state index is 12.0. The number of phenols is 4. The number of halogens is 1. The van der Waals surface area contributed by atoms with Crippen LogP contribution in [0.25, 0.3) is 21.5 Å². The SMILES string of the molecule is C=CS(=O)(=O)c1ccc(Cc2nc(Cl)nc(Nc3ccc4ccc(N=Nc5cc([N+](=O)[O-])ccc5O)c(O)c4c3)n2)cc1.Oc1ccccc1N=Nc1c(O)ccc2ccccc12.[Cr]. The number of phenolic OH excluding ortho intramolecular Hbond substituents is 4. The number of azo groups is 2. The van der Waals surface area contributed by atoms with Crippen molar-refractivity contribution in [3.8, 4) is 23.0 Å². The molecule has 0 aliphatic rings. The Bertz CT molecular complexity index is 3230. The number of aromatic nitrogens is 3. The molecule has 0 amide bonds. The van der Waals surface area contributed by atoms with Gasteiger partial charge in [-0.05, 0) is 82.5 Å². The van der Waals surface area contributed by atoms with Gasteiger partial charge < -0.3 is 25.7 Å². The maximum Gasteiger partial charge on any atom is 0.271 e. The standard InChI is InChI=1S/C28H20ClN7O6S.C16H12N2O2.Cr/c1-2-43(41,42)20-9-3-16(4-10-20)13-25-31-27(29)33-28(32-25)30-18-7-5-17-6-11-22(26(38)21(17)14-18)34-35-23-15-19(36(39)40)8-12-24(23)37;19-14-8-4-3-7-13(14)17-18-16-12-6-2-1-5-11(12)9-10-15(16)20;/h2-12,14-15,37-38H,1,13H2,(H,30,31,32,33);1-10,19-20H;. The first-order valence-corrected chi connectivity index (χ1v) is 20.4. The third kappa shape index (κ3) is 10.8. The van der Waals surface area contributed by atoms with E-state index in [0.29, 0.717) is 33.7 Å². The van der Waals surface area contributed by atoms with Gasteiger partial charge in [0, 0.05) is 57.8 Å². The number of para-hydroxylation sites is 1. The van der Waals surface area contributed by atoms with Gasteiger partial charge in [0.2, 0.25) is 11.2 Å². The average Bonchev–Trinajstić information content (AvgIpc) is 3.27. The van der Waals surface area contributed by atoms with Crippen LogP contribution in [0.2, 0.25) is 5.28 Å². The molecule has 17 nitrogen and oxygen atoms in total. The van der Waals surface area contributed by atoms with Crippen LogP contribution in [0.3, 0.4) is 0 Å². The van der Waals surface area contributed by atoms with E-state index >= 15 is 0 Å². The monoisotopic (exact) mass is 933 g/mol. The van der Waals surface area contributed by atoms with Crippen LogP contribution in [0.15, 0.2) is 171 Å². The van der Waals surface area contributed by atoms with E-state index in [9.17, 15) is 39.0 Å². The fraction of sp³-hybridized carbons (Fsp3) is 0.0227. The summed E-state index contributed by atoms with van der Waals surface area (Å²) in [4.78, 5) is 23.2. The number of non-ortho nitro benzene ring substituents is 1. The van der Waals surface area contributed by atoms with Gasteiger partial charge in [0.25, 0.3) is 5.69 Å². The van der Waals surface area contributed by atoms with Gasteiger partial charge in [-0.25, -0.2) is 13.4 Å². The van der Waals surface area contributed by atoms with Crippen LogP contribution in [0, 0.1) is 10.1 Å². The molecule has 0 aliphatic carbocycles. The van der Waals surface area contributed by atoms with Crippen molar-refractivity contribution in [2.45, 2.75) is 11.3 Å². The first-order valence-electron chi connectivity index (χ1n) is 18.5. The second kappa shape index (κ2) is 19.9. The predicted octanol–water partition coefficient (Wildman–Crippen LogP) is 11.3. The Morgan fingerprint density at radius 1 is 0.688 bits per heavy atom. The van der Waals surface area contributed by atoms with Gasteiger partial charge in [0.15, 0.2) is 15.6 Å². The molecule has 64 heavy (non-hydrogen) atoms. The molecule has 1 heterocycles. The van der Waals surface area contributed by atoms with Crippen molar-refractivity contribution >= 4 is 83.1 Å². The second-order valence-corrected chi connectivity index (χ2v) is 15.6. The number of nitro groups is 1. The molecule has 8 aromatic rings. The number of nitrogens with zero attached hydrogens (tertiary/aromatic N) is 8. The molecular weight excluding hydrogens is 902 g/mol. The van der Waals surface area contributed by atoms with Crippen LogP contribution in [0.1, 0.15) is 11.4 Å². The zero-order valence-corrected chi connectivity index (χ0v) is 35.7. The van der Waals surface area contributed by atoms with E-state index in [1.165, 1.54) is 24.3 Å². The molecule has 1 aromatic heterocycles. The summed E-state index contributed by atoms with van der Waals surface area (Å²) < 4.78 is 23.9. The summed E-state index contributed by atoms with van der Waals surface area (Å²) in [7, 11) is -3.55. The van der Waals surface area contributed by atoms with E-state index in [2.05, 4.69) is 47.3 Å². The van der Waals surface area contributed by atoms with E-state index < -0.39 is 14.8 Å². The van der Waals surface area contributed by atoms with E-state index in [-0.39, 0.29) is 80.0 Å². The Morgan fingerprint density at radius 3 is 2.08 bits per heavy atom. The number of hydrogen-bond donors (Lipinski definition) is 5. The van der Waals surface area contributed by atoms with Crippen molar-refractivity contribution in [3.63, 3.8) is 0 Å². The van der Waals surface area contributed by atoms with Gasteiger partial charge in [-0.1, -0.05) is 73.3 Å². The van der Waals surface area contributed by atoms with Gasteiger partial charge in [0.05, 0.1) is 9.82 Å². The first-order chi connectivity index (χ1) is 30.3. The largest absolute Gasteiger partial charge is 0.506 e. The molecule has 0 bridgehead atoms. The van der Waals surface area contributed by atoms with E-state index in [1.807, 2.05) is 30.3 Å². The van der Waals surface area contributed by atoms with Crippen molar-refractivity contribution < 1.29 is 51.1 Å². The van der Waals surface area contributed by atoms with Gasteiger partial charge in [0.1, 0.15) is 45.8 Å². The molecule has 5 N–H and O–H groups in total. The summed E-state index contributed by atoms with van der Waals surface area (Å²) in [6, 6.07) is 35.6. The minimum Gasteiger partial charge on any atom is -0.506 e. The molecule has 0 radical (unpaired) electrons. The van der Waals surface area contributed by atoms with Crippen molar-refractivity contribution in [2.24, 2.45) is 20.5 Å². The Kier molecular flexibility index (Phi) is 14.2. The van der Waals surface area contributed by atoms with Crippen LogP contribution < -0.4 is 5.32 Å². The molecule has 0 atom stereocenters. The Balaban J connectivity index is 0.000000270. The van der Waals surface area contributed by atoms with Crippen LogP contribution in [-0.4, -0.2) is 48.7 Å². The summed E-state index contributed by atoms with van der Waals surface area (Å²) in [6.07, 6.45) is 0.248. The minimum absolute atomic E-state index is 0. The number of hydrogen-bond acceptors (Lipinski definition) is 16. The maximum absolute atomic E-state index is 12.0. The number of nitro benzene ring substituents is 1. The summed E-state index contributed by atoms with van der Waals surface area (Å²) in [5, 5.41) is 74.2. The van der Waals surface area contributed by atoms with Crippen LogP contribution in [0.4, 0.5) is 40.1 Å². The second-order valence-electron chi connectivity index (χ2n) is 13.3. The molecule has 0 fully saturated rings.